The topological polar surface area (TPSA) is 73.8 Å². The molecule has 2 aromatic carbocycles. The maximum absolute atomic E-state index is 13.8. The van der Waals surface area contributed by atoms with E-state index in [1.54, 1.807) is 18.2 Å². The third kappa shape index (κ3) is 3.70. The van der Waals surface area contributed by atoms with Gasteiger partial charge in [-0.3, -0.25) is 9.79 Å². The van der Waals surface area contributed by atoms with Crippen LogP contribution in [0.5, 0.6) is 0 Å². The summed E-state index contributed by atoms with van der Waals surface area (Å²) in [5.41, 5.74) is 2.02. The predicted octanol–water partition coefficient (Wildman–Crippen LogP) is 4.49. The number of hydrogen-bond donors (Lipinski definition) is 2. The van der Waals surface area contributed by atoms with Crippen LogP contribution >= 0.6 is 0 Å². The molecule has 2 N–H and O–H groups in total. The van der Waals surface area contributed by atoms with Gasteiger partial charge in [-0.15, -0.1) is 0 Å². The summed E-state index contributed by atoms with van der Waals surface area (Å²) in [6.07, 6.45) is 6.67. The maximum Gasteiger partial charge on any atom is 0.321 e. The third-order valence-corrected chi connectivity index (χ3v) is 6.23. The molecule has 1 heterocycles. The van der Waals surface area contributed by atoms with Crippen molar-refractivity contribution in [3.63, 3.8) is 0 Å². The van der Waals surface area contributed by atoms with Crippen molar-refractivity contribution in [3.8, 4) is 0 Å². The standard InChI is InChI=1S/C24H28N4O2/c1-17-10-6-8-14-20(17)26-23(30)27-24(19-12-4-3-5-13-19)22(29)28(2)21-15-9-7-11-18(21)16-25-24/h6-11,14-16,19H,3-5,12-13H2,1-2H3,(H2,26,27,30). The number of benzene rings is 2. The zero-order valence-corrected chi connectivity index (χ0v) is 17.5. The van der Waals surface area contributed by atoms with Crippen LogP contribution in [0.25, 0.3) is 0 Å². The average molecular weight is 405 g/mol. The minimum absolute atomic E-state index is 0.0469. The minimum atomic E-state index is -1.32. The number of para-hydroxylation sites is 2. The SMILES string of the molecule is Cc1ccccc1NC(=O)NC1(C2CCCCC2)N=Cc2ccccc2N(C)C1=O. The number of aryl methyl sites for hydroxylation is 1. The molecule has 0 spiro atoms. The molecule has 2 aliphatic rings. The van der Waals surface area contributed by atoms with Gasteiger partial charge in [-0.1, -0.05) is 55.7 Å². The van der Waals surface area contributed by atoms with E-state index in [4.69, 9.17) is 4.99 Å². The van der Waals surface area contributed by atoms with E-state index in [0.717, 1.165) is 54.6 Å². The molecule has 1 unspecified atom stereocenters. The second kappa shape index (κ2) is 8.30. The Morgan fingerprint density at radius 1 is 1.07 bits per heavy atom. The maximum atomic E-state index is 13.8. The normalized spacial score (nSPS) is 21.7. The quantitative estimate of drug-likeness (QED) is 0.791. The molecule has 1 aliphatic heterocycles. The number of urea groups is 1. The smallest absolute Gasteiger partial charge is 0.311 e. The Morgan fingerprint density at radius 3 is 2.53 bits per heavy atom. The van der Waals surface area contributed by atoms with Gasteiger partial charge in [0.1, 0.15) is 0 Å². The summed E-state index contributed by atoms with van der Waals surface area (Å²) >= 11 is 0. The third-order valence-electron chi connectivity index (χ3n) is 6.23. The van der Waals surface area contributed by atoms with Crippen LogP contribution in [0.15, 0.2) is 53.5 Å². The van der Waals surface area contributed by atoms with Crippen LogP contribution in [-0.4, -0.2) is 30.9 Å². The van der Waals surface area contributed by atoms with E-state index in [9.17, 15) is 9.59 Å². The number of carbonyl (C=O) groups excluding carboxylic acids is 2. The van der Waals surface area contributed by atoms with Gasteiger partial charge in [-0.05, 0) is 37.5 Å². The molecule has 4 rings (SSSR count). The fourth-order valence-corrected chi connectivity index (χ4v) is 4.52. The second-order valence-corrected chi connectivity index (χ2v) is 8.18. The lowest BCUT2D eigenvalue weighted by atomic mass is 9.79. The summed E-state index contributed by atoms with van der Waals surface area (Å²) in [5.74, 6) is -0.245. The Bertz CT molecular complexity index is 981. The molecule has 1 saturated carbocycles. The number of amides is 3. The Morgan fingerprint density at radius 2 is 1.77 bits per heavy atom. The zero-order chi connectivity index (χ0) is 21.1. The molecule has 1 fully saturated rings. The van der Waals surface area contributed by atoms with Gasteiger partial charge in [0, 0.05) is 30.4 Å². The Labute approximate surface area is 177 Å². The van der Waals surface area contributed by atoms with Crippen molar-refractivity contribution in [2.75, 3.05) is 17.3 Å². The summed E-state index contributed by atoms with van der Waals surface area (Å²) in [5, 5.41) is 5.90. The summed E-state index contributed by atoms with van der Waals surface area (Å²) in [6, 6.07) is 14.8. The number of rotatable bonds is 3. The first kappa shape index (κ1) is 20.1. The lowest BCUT2D eigenvalue weighted by molar-refractivity contribution is -0.126. The van der Waals surface area contributed by atoms with Crippen molar-refractivity contribution in [1.29, 1.82) is 0 Å². The van der Waals surface area contributed by atoms with Gasteiger partial charge in [0.15, 0.2) is 0 Å². The summed E-state index contributed by atoms with van der Waals surface area (Å²) < 4.78 is 0. The van der Waals surface area contributed by atoms with Gasteiger partial charge in [0.25, 0.3) is 5.91 Å². The van der Waals surface area contributed by atoms with Crippen LogP contribution in [-0.2, 0) is 4.79 Å². The van der Waals surface area contributed by atoms with Crippen molar-refractivity contribution in [2.24, 2.45) is 10.9 Å². The molecule has 0 bridgehead atoms. The van der Waals surface area contributed by atoms with Crippen LogP contribution in [0.2, 0.25) is 0 Å². The summed E-state index contributed by atoms with van der Waals surface area (Å²) in [4.78, 5) is 33.2. The number of nitrogens with one attached hydrogen (secondary N) is 2. The van der Waals surface area contributed by atoms with Crippen LogP contribution in [0.3, 0.4) is 0 Å². The number of likely N-dealkylation sites (N-methyl/N-ethyl adjacent to an activating group) is 1. The second-order valence-electron chi connectivity index (χ2n) is 8.18. The van der Waals surface area contributed by atoms with Gasteiger partial charge in [-0.25, -0.2) is 4.79 Å². The van der Waals surface area contributed by atoms with Crippen molar-refractivity contribution in [2.45, 2.75) is 44.7 Å². The predicted molar refractivity (Wildman–Crippen MR) is 120 cm³/mol. The highest BCUT2D eigenvalue weighted by Gasteiger charge is 2.49. The molecule has 1 aliphatic carbocycles. The first-order valence-corrected chi connectivity index (χ1v) is 10.6. The minimum Gasteiger partial charge on any atom is -0.311 e. The van der Waals surface area contributed by atoms with Crippen molar-refractivity contribution in [3.05, 3.63) is 59.7 Å². The summed E-state index contributed by atoms with van der Waals surface area (Å²) in [7, 11) is 1.76. The van der Waals surface area contributed by atoms with E-state index < -0.39 is 11.7 Å². The van der Waals surface area contributed by atoms with Crippen LogP contribution < -0.4 is 15.5 Å². The first-order chi connectivity index (χ1) is 14.5. The van der Waals surface area contributed by atoms with E-state index in [2.05, 4.69) is 10.6 Å². The molecule has 3 amide bonds. The number of nitrogens with zero attached hydrogens (tertiary/aromatic N) is 2. The van der Waals surface area contributed by atoms with E-state index in [1.165, 1.54) is 0 Å². The number of carbonyl (C=O) groups is 2. The first-order valence-electron chi connectivity index (χ1n) is 10.6. The fraction of sp³-hybridized carbons (Fsp3) is 0.375. The van der Waals surface area contributed by atoms with Crippen LogP contribution in [0.4, 0.5) is 16.2 Å². The molecule has 0 saturated heterocycles. The molecular formula is C24H28N4O2. The average Bonchev–Trinajstić information content (AvgIpc) is 2.87. The molecule has 0 radical (unpaired) electrons. The molecular weight excluding hydrogens is 376 g/mol. The monoisotopic (exact) mass is 404 g/mol. The highest BCUT2D eigenvalue weighted by atomic mass is 16.2. The zero-order valence-electron chi connectivity index (χ0n) is 17.5. The van der Waals surface area contributed by atoms with Gasteiger partial charge < -0.3 is 15.5 Å². The van der Waals surface area contributed by atoms with E-state index >= 15 is 0 Å². The van der Waals surface area contributed by atoms with Gasteiger partial charge in [0.05, 0.1) is 5.69 Å². The van der Waals surface area contributed by atoms with Crippen LogP contribution in [0.1, 0.15) is 43.2 Å². The Hall–Kier alpha value is -3.15. The van der Waals surface area contributed by atoms with E-state index in [0.29, 0.717) is 0 Å². The molecule has 1 atom stereocenters. The number of aliphatic imine (C=N–C) groups is 1. The number of hydrogen-bond acceptors (Lipinski definition) is 3. The van der Waals surface area contributed by atoms with Crippen LogP contribution in [0, 0.1) is 12.8 Å². The highest BCUT2D eigenvalue weighted by molar-refractivity contribution is 6.09. The van der Waals surface area contributed by atoms with E-state index in [1.807, 2.05) is 55.5 Å². The molecule has 30 heavy (non-hydrogen) atoms. The van der Waals surface area contributed by atoms with Crippen molar-refractivity contribution < 1.29 is 9.59 Å². The molecule has 2 aromatic rings. The lowest BCUT2D eigenvalue weighted by Crippen LogP contribution is -2.63. The Kier molecular flexibility index (Phi) is 5.57. The van der Waals surface area contributed by atoms with Gasteiger partial charge in [-0.2, -0.15) is 0 Å². The Balaban J connectivity index is 1.70. The highest BCUT2D eigenvalue weighted by Crippen LogP contribution is 2.37. The number of benzodiazepines with no additional fused rings is 1. The largest absolute Gasteiger partial charge is 0.321 e. The van der Waals surface area contributed by atoms with Gasteiger partial charge in [0.2, 0.25) is 5.66 Å². The van der Waals surface area contributed by atoms with Gasteiger partial charge >= 0.3 is 6.03 Å². The fourth-order valence-electron chi connectivity index (χ4n) is 4.52. The molecule has 156 valence electrons. The van der Waals surface area contributed by atoms with E-state index in [-0.39, 0.29) is 11.8 Å². The van der Waals surface area contributed by atoms with Crippen molar-refractivity contribution >= 4 is 29.5 Å². The summed E-state index contributed by atoms with van der Waals surface area (Å²) in [6.45, 7) is 1.94. The molecule has 0 aromatic heterocycles. The molecule has 6 heteroatoms. The lowest BCUT2D eigenvalue weighted by Gasteiger charge is -2.40. The number of fused-ring (bicyclic) bond motifs is 1. The van der Waals surface area contributed by atoms with Crippen molar-refractivity contribution in [1.82, 2.24) is 5.32 Å². The molecule has 6 nitrogen and oxygen atoms in total. The number of anilines is 2.